The molecule has 188 valence electrons. The van der Waals surface area contributed by atoms with Crippen molar-refractivity contribution in [2.45, 2.75) is 118 Å². The van der Waals surface area contributed by atoms with Crippen LogP contribution in [0.1, 0.15) is 118 Å². The molecule has 2 fully saturated rings. The maximum atomic E-state index is 5.36. The summed E-state index contributed by atoms with van der Waals surface area (Å²) in [5, 5.41) is 2.75. The second-order valence-corrected chi connectivity index (χ2v) is 9.12. The number of hydrogen-bond acceptors (Lipinski definition) is 2. The molecule has 0 unspecified atom stereocenters. The van der Waals surface area contributed by atoms with Crippen LogP contribution >= 0.6 is 0 Å². The van der Waals surface area contributed by atoms with E-state index in [1.807, 2.05) is 44.4 Å². The molecule has 2 aliphatic rings. The molecule has 1 aromatic rings. The van der Waals surface area contributed by atoms with Gasteiger partial charge in [0.25, 0.3) is 0 Å². The van der Waals surface area contributed by atoms with Gasteiger partial charge in [0.2, 0.25) is 0 Å². The van der Waals surface area contributed by atoms with Crippen molar-refractivity contribution in [3.05, 3.63) is 42.0 Å². The first-order valence-electron chi connectivity index (χ1n) is 13.6. The van der Waals surface area contributed by atoms with Crippen LogP contribution in [-0.2, 0) is 0 Å². The van der Waals surface area contributed by atoms with Crippen LogP contribution in [0.25, 0.3) is 0 Å². The second kappa shape index (κ2) is 26.0. The Morgan fingerprint density at radius 3 is 1.66 bits per heavy atom. The molecule has 2 heteroatoms. The summed E-state index contributed by atoms with van der Waals surface area (Å²) in [7, 11) is 3.75. The number of nitrogens with two attached hydrogens (primary N) is 1. The Morgan fingerprint density at radius 1 is 0.844 bits per heavy atom. The van der Waals surface area contributed by atoms with Crippen molar-refractivity contribution in [2.75, 3.05) is 19.8 Å². The highest BCUT2D eigenvalue weighted by atomic mass is 14.7. The first-order chi connectivity index (χ1) is 15.5. The van der Waals surface area contributed by atoms with Crippen molar-refractivity contribution < 1.29 is 0 Å². The minimum Gasteiger partial charge on any atom is -0.399 e. The lowest BCUT2D eigenvalue weighted by molar-refractivity contribution is 0.648. The van der Waals surface area contributed by atoms with Crippen molar-refractivity contribution in [3.63, 3.8) is 0 Å². The van der Waals surface area contributed by atoms with Crippen molar-refractivity contribution in [3.8, 4) is 0 Å². The van der Waals surface area contributed by atoms with Gasteiger partial charge in [-0.15, -0.1) is 0 Å². The third kappa shape index (κ3) is 28.7. The number of unbranched alkanes of at least 4 members (excludes halogenated alkanes) is 1. The van der Waals surface area contributed by atoms with Gasteiger partial charge in [0.1, 0.15) is 0 Å². The first kappa shape index (κ1) is 32.9. The predicted octanol–water partition coefficient (Wildman–Crippen LogP) is 9.42. The molecule has 3 N–H and O–H groups in total. The summed E-state index contributed by atoms with van der Waals surface area (Å²) in [6.07, 6.45) is 20.7. The Kier molecular flexibility index (Phi) is 26.7. The van der Waals surface area contributed by atoms with E-state index >= 15 is 0 Å². The number of rotatable bonds is 9. The maximum Gasteiger partial charge on any atom is 0.0313 e. The van der Waals surface area contributed by atoms with Gasteiger partial charge >= 0.3 is 0 Å². The lowest BCUT2D eigenvalue weighted by atomic mass is 10.0. The molecule has 2 nitrogen and oxygen atoms in total. The fraction of sp³-hybridized carbons (Fsp3) is 0.733. The van der Waals surface area contributed by atoms with Gasteiger partial charge in [-0.25, -0.2) is 0 Å². The van der Waals surface area contributed by atoms with Crippen LogP contribution < -0.4 is 11.1 Å². The Balaban J connectivity index is 0. The zero-order valence-electron chi connectivity index (χ0n) is 22.9. The Hall–Kier alpha value is -1.28. The number of benzene rings is 1. The van der Waals surface area contributed by atoms with Crippen molar-refractivity contribution in [2.24, 2.45) is 11.8 Å². The molecule has 0 bridgehead atoms. The van der Waals surface area contributed by atoms with E-state index < -0.39 is 0 Å². The number of hydrogen-bond donors (Lipinski definition) is 2. The average molecular weight is 447 g/mol. The average Bonchev–Trinajstić information content (AvgIpc) is 3.71. The minimum absolute atomic E-state index is 0.822. The molecule has 1 aromatic carbocycles. The monoisotopic (exact) mass is 446 g/mol. The normalized spacial score (nSPS) is 14.3. The molecule has 32 heavy (non-hydrogen) atoms. The summed E-state index contributed by atoms with van der Waals surface area (Å²) in [4.78, 5) is 0. The molecule has 0 radical (unpaired) electrons. The first-order valence-corrected chi connectivity index (χ1v) is 13.6. The number of allylic oxidation sites excluding steroid dienone is 2. The van der Waals surface area contributed by atoms with Crippen LogP contribution in [0.2, 0.25) is 0 Å². The van der Waals surface area contributed by atoms with Gasteiger partial charge in [-0.3, -0.25) is 0 Å². The summed E-state index contributed by atoms with van der Waals surface area (Å²) in [6, 6.07) is 9.49. The Bertz CT molecular complexity index is 485. The van der Waals surface area contributed by atoms with Crippen LogP contribution in [0.5, 0.6) is 0 Å². The second-order valence-electron chi connectivity index (χ2n) is 9.12. The third-order valence-corrected chi connectivity index (χ3v) is 5.44. The smallest absolute Gasteiger partial charge is 0.0313 e. The summed E-state index contributed by atoms with van der Waals surface area (Å²) in [5.74, 6) is 2.25. The van der Waals surface area contributed by atoms with E-state index in [-0.39, 0.29) is 0 Å². The molecular formula is C30H58N2. The molecular weight excluding hydrogens is 388 g/mol. The van der Waals surface area contributed by atoms with Gasteiger partial charge in [0, 0.05) is 5.69 Å². The molecule has 3 rings (SSSR count). The largest absolute Gasteiger partial charge is 0.399 e. The predicted molar refractivity (Wildman–Crippen MR) is 149 cm³/mol. The summed E-state index contributed by atoms with van der Waals surface area (Å²) in [5.41, 5.74) is 7.89. The standard InChI is InChI=1S/C13H24.C6H7N.C5H10.C4H10.C2H7N/c1-3-6-12(7-4-2)8-5-9-13-10-11-13;7-6-4-2-1-3-5-6;1-2-5-3-4-5;1-3-4-2;1-3-2/h6,13H,3-5,7-11H2,1-2H3;1-5H,7H2;5H,2-4H2,1H3;3-4H2,1-2H3;3H,1-2H3/b12-6+;;;;. The molecule has 2 aliphatic carbocycles. The van der Waals surface area contributed by atoms with Gasteiger partial charge in [-0.2, -0.15) is 0 Å². The summed E-state index contributed by atoms with van der Waals surface area (Å²) in [6.45, 7) is 11.2. The molecule has 2 saturated carbocycles. The van der Waals surface area contributed by atoms with Crippen LogP contribution in [0, 0.1) is 11.8 Å². The van der Waals surface area contributed by atoms with Crippen molar-refractivity contribution >= 4 is 5.69 Å². The zero-order chi connectivity index (χ0) is 24.5. The van der Waals surface area contributed by atoms with E-state index in [9.17, 15) is 0 Å². The molecule has 0 spiro atoms. The number of nitrogen functional groups attached to an aromatic ring is 1. The van der Waals surface area contributed by atoms with E-state index in [4.69, 9.17) is 5.73 Å². The highest BCUT2D eigenvalue weighted by molar-refractivity contribution is 5.35. The Labute approximate surface area is 202 Å². The zero-order valence-corrected chi connectivity index (χ0v) is 22.9. The summed E-state index contributed by atoms with van der Waals surface area (Å²) >= 11 is 0. The van der Waals surface area contributed by atoms with Crippen LogP contribution in [-0.4, -0.2) is 14.1 Å². The van der Waals surface area contributed by atoms with E-state index in [1.165, 1.54) is 83.5 Å². The third-order valence-electron chi connectivity index (χ3n) is 5.44. The Morgan fingerprint density at radius 2 is 1.38 bits per heavy atom. The fourth-order valence-electron chi connectivity index (χ4n) is 2.94. The molecule has 0 amide bonds. The molecule has 0 heterocycles. The van der Waals surface area contributed by atoms with E-state index in [1.54, 1.807) is 5.57 Å². The van der Waals surface area contributed by atoms with E-state index in [2.05, 4.69) is 46.0 Å². The fourth-order valence-corrected chi connectivity index (χ4v) is 2.94. The SMILES string of the molecule is CC/C=C(\CCC)CCCC1CC1.CCC1CC1.CCCC.CNC.Nc1ccccc1. The number of nitrogens with one attached hydrogen (secondary N) is 1. The highest BCUT2D eigenvalue weighted by Gasteiger charge is 2.20. The molecule has 0 aromatic heterocycles. The summed E-state index contributed by atoms with van der Waals surface area (Å²) < 4.78 is 0. The van der Waals surface area contributed by atoms with Crippen LogP contribution in [0.4, 0.5) is 5.69 Å². The molecule has 0 atom stereocenters. The van der Waals surface area contributed by atoms with Gasteiger partial charge in [0.15, 0.2) is 0 Å². The molecule has 0 aliphatic heterocycles. The number of anilines is 1. The van der Waals surface area contributed by atoms with Crippen molar-refractivity contribution in [1.82, 2.24) is 5.32 Å². The quantitative estimate of drug-likeness (QED) is 0.293. The number of para-hydroxylation sites is 1. The van der Waals surface area contributed by atoms with E-state index in [0.717, 1.165) is 17.5 Å². The maximum absolute atomic E-state index is 5.36. The van der Waals surface area contributed by atoms with Gasteiger partial charge in [0.05, 0.1) is 0 Å². The topological polar surface area (TPSA) is 38.0 Å². The van der Waals surface area contributed by atoms with Crippen LogP contribution in [0.3, 0.4) is 0 Å². The van der Waals surface area contributed by atoms with E-state index in [0.29, 0.717) is 0 Å². The highest BCUT2D eigenvalue weighted by Crippen LogP contribution is 2.34. The minimum atomic E-state index is 0.822. The van der Waals surface area contributed by atoms with Gasteiger partial charge in [-0.05, 0) is 63.7 Å². The van der Waals surface area contributed by atoms with Gasteiger partial charge in [-0.1, -0.05) is 122 Å². The van der Waals surface area contributed by atoms with Crippen molar-refractivity contribution in [1.29, 1.82) is 0 Å². The van der Waals surface area contributed by atoms with Crippen LogP contribution in [0.15, 0.2) is 42.0 Å². The molecule has 0 saturated heterocycles. The van der Waals surface area contributed by atoms with Gasteiger partial charge < -0.3 is 11.1 Å². The lowest BCUT2D eigenvalue weighted by Crippen LogP contribution is -1.89. The lowest BCUT2D eigenvalue weighted by Gasteiger charge is -2.05.